The molecule has 1 aromatic carbocycles. The van der Waals surface area contributed by atoms with Crippen molar-refractivity contribution in [3.8, 4) is 11.6 Å². The molecule has 9 nitrogen and oxygen atoms in total. The van der Waals surface area contributed by atoms with Crippen LogP contribution in [0.3, 0.4) is 0 Å². The number of carbonyl (C=O) groups excluding carboxylic acids is 1. The Bertz CT molecular complexity index is 1170. The Hall–Kier alpha value is -3.11. The monoisotopic (exact) mass is 560 g/mol. The van der Waals surface area contributed by atoms with Crippen LogP contribution in [-0.4, -0.2) is 74.4 Å². The van der Waals surface area contributed by atoms with E-state index in [0.717, 1.165) is 50.9 Å². The highest BCUT2D eigenvalue weighted by molar-refractivity contribution is 6.31. The molecule has 4 rings (SSSR count). The van der Waals surface area contributed by atoms with Gasteiger partial charge in [-0.2, -0.15) is 4.98 Å². The zero-order chi connectivity index (χ0) is 28.0. The number of carbonyl (C=O) groups is 1. The summed E-state index contributed by atoms with van der Waals surface area (Å²) in [4.78, 5) is 25.6. The second kappa shape index (κ2) is 12.8. The molecular formula is C28H38ClFN6O3. The van der Waals surface area contributed by atoms with Gasteiger partial charge in [0, 0.05) is 30.6 Å². The number of ether oxygens (including phenoxy) is 2. The molecule has 1 amide bonds. The molecule has 2 aromatic rings. The van der Waals surface area contributed by atoms with E-state index in [1.165, 1.54) is 12.3 Å². The molecule has 1 aliphatic heterocycles. The van der Waals surface area contributed by atoms with E-state index < -0.39 is 0 Å². The number of halogens is 2. The molecule has 11 heteroatoms. The summed E-state index contributed by atoms with van der Waals surface area (Å²) in [6.45, 7) is 5.40. The quantitative estimate of drug-likeness (QED) is 0.313. The topological polar surface area (TPSA) is 91.8 Å². The second-order valence-corrected chi connectivity index (χ2v) is 10.9. The number of nitrogens with zero attached hydrogens (tertiary/aromatic N) is 4. The average Bonchev–Trinajstić information content (AvgIpc) is 3.72. The number of rotatable bonds is 13. The Morgan fingerprint density at radius 1 is 1.31 bits per heavy atom. The van der Waals surface area contributed by atoms with Gasteiger partial charge >= 0.3 is 0 Å². The highest BCUT2D eigenvalue weighted by Gasteiger charge is 2.43. The van der Waals surface area contributed by atoms with Crippen molar-refractivity contribution in [1.29, 1.82) is 0 Å². The molecular weight excluding hydrogens is 523 g/mol. The Balaban J connectivity index is 1.56. The Morgan fingerprint density at radius 3 is 2.67 bits per heavy atom. The van der Waals surface area contributed by atoms with Gasteiger partial charge < -0.3 is 29.9 Å². The summed E-state index contributed by atoms with van der Waals surface area (Å²) in [6, 6.07) is 4.24. The van der Waals surface area contributed by atoms with E-state index in [-0.39, 0.29) is 29.8 Å². The number of amides is 1. The van der Waals surface area contributed by atoms with Crippen molar-refractivity contribution >= 4 is 40.5 Å². The number of hydrogen-bond acceptors (Lipinski definition) is 8. The summed E-state index contributed by atoms with van der Waals surface area (Å²) in [5.41, 5.74) is 2.07. The number of anilines is 4. The van der Waals surface area contributed by atoms with E-state index in [2.05, 4.69) is 51.1 Å². The molecule has 0 radical (unpaired) electrons. The van der Waals surface area contributed by atoms with Gasteiger partial charge in [0.25, 0.3) is 0 Å². The summed E-state index contributed by atoms with van der Waals surface area (Å²) in [7, 11) is 5.80. The van der Waals surface area contributed by atoms with E-state index in [1.54, 1.807) is 7.11 Å². The van der Waals surface area contributed by atoms with Crippen LogP contribution in [0.1, 0.15) is 38.5 Å². The SMILES string of the molecule is C=CC(=O)Nc1cc(Nc2ncc(Cl)c(OCC3(CCCF)CC3)n2)c(OC)cc1N1CCC(N(C)C)CC1. The molecule has 1 aliphatic carbocycles. The van der Waals surface area contributed by atoms with Gasteiger partial charge in [0.2, 0.25) is 17.7 Å². The highest BCUT2D eigenvalue weighted by Crippen LogP contribution is 2.50. The van der Waals surface area contributed by atoms with Crippen molar-refractivity contribution < 1.29 is 18.7 Å². The van der Waals surface area contributed by atoms with Gasteiger partial charge in [0.15, 0.2) is 0 Å². The summed E-state index contributed by atoms with van der Waals surface area (Å²) < 4.78 is 24.3. The Kier molecular flexibility index (Phi) is 9.50. The summed E-state index contributed by atoms with van der Waals surface area (Å²) in [6.07, 6.45) is 8.08. The van der Waals surface area contributed by atoms with Crippen molar-refractivity contribution in [3.05, 3.63) is 36.0 Å². The first-order valence-electron chi connectivity index (χ1n) is 13.3. The minimum absolute atomic E-state index is 0.00624. The molecule has 2 fully saturated rings. The van der Waals surface area contributed by atoms with E-state index in [0.29, 0.717) is 41.2 Å². The van der Waals surface area contributed by atoms with Crippen LogP contribution in [-0.2, 0) is 4.79 Å². The maximum absolute atomic E-state index is 12.7. The third kappa shape index (κ3) is 7.30. The fraction of sp³-hybridized carbons (Fsp3) is 0.536. The first-order valence-corrected chi connectivity index (χ1v) is 13.7. The lowest BCUT2D eigenvalue weighted by molar-refractivity contribution is -0.111. The molecule has 212 valence electrons. The number of benzene rings is 1. The smallest absolute Gasteiger partial charge is 0.247 e. The summed E-state index contributed by atoms with van der Waals surface area (Å²) >= 11 is 6.32. The predicted octanol–water partition coefficient (Wildman–Crippen LogP) is 5.45. The summed E-state index contributed by atoms with van der Waals surface area (Å²) in [5, 5.41) is 6.41. The van der Waals surface area contributed by atoms with Crippen LogP contribution in [0.2, 0.25) is 5.02 Å². The largest absolute Gasteiger partial charge is 0.494 e. The molecule has 0 bridgehead atoms. The normalized spacial score (nSPS) is 16.6. The Morgan fingerprint density at radius 2 is 2.05 bits per heavy atom. The standard InChI is InChI=1S/C28H38ClFN6O3/c1-5-25(37)32-21-15-22(24(38-4)16-23(21)36-13-7-19(8-14-36)35(2)3)33-27-31-17-20(29)26(34-27)39-18-28(10-11-28)9-6-12-30/h5,15-17,19H,1,6-14,18H2,2-4H3,(H,32,37)(H,31,33,34). The fourth-order valence-electron chi connectivity index (χ4n) is 4.94. The predicted molar refractivity (Wildman–Crippen MR) is 153 cm³/mol. The van der Waals surface area contributed by atoms with Crippen molar-refractivity contribution in [2.24, 2.45) is 5.41 Å². The van der Waals surface area contributed by atoms with Gasteiger partial charge in [0.05, 0.1) is 43.7 Å². The third-order valence-electron chi connectivity index (χ3n) is 7.57. The van der Waals surface area contributed by atoms with E-state index >= 15 is 0 Å². The van der Waals surface area contributed by atoms with Gasteiger partial charge in [-0.05, 0) is 64.8 Å². The zero-order valence-corrected chi connectivity index (χ0v) is 23.7. The van der Waals surface area contributed by atoms with Crippen LogP contribution in [0.5, 0.6) is 11.6 Å². The highest BCUT2D eigenvalue weighted by atomic mass is 35.5. The minimum atomic E-state index is -0.325. The van der Waals surface area contributed by atoms with E-state index in [1.807, 2.05) is 12.1 Å². The molecule has 1 saturated carbocycles. The summed E-state index contributed by atoms with van der Waals surface area (Å²) in [5.74, 6) is 0.790. The second-order valence-electron chi connectivity index (χ2n) is 10.5. The molecule has 2 N–H and O–H groups in total. The number of hydrogen-bond donors (Lipinski definition) is 2. The molecule has 2 heterocycles. The number of piperidine rings is 1. The minimum Gasteiger partial charge on any atom is -0.494 e. The lowest BCUT2D eigenvalue weighted by Gasteiger charge is -2.37. The van der Waals surface area contributed by atoms with Crippen LogP contribution >= 0.6 is 11.6 Å². The molecule has 1 saturated heterocycles. The fourth-order valence-corrected chi connectivity index (χ4v) is 5.09. The van der Waals surface area contributed by atoms with Crippen LogP contribution in [0.15, 0.2) is 31.0 Å². The number of methoxy groups -OCH3 is 1. The van der Waals surface area contributed by atoms with E-state index in [4.69, 9.17) is 21.1 Å². The molecule has 1 aromatic heterocycles. The van der Waals surface area contributed by atoms with Crippen molar-refractivity contribution in [2.75, 3.05) is 63.1 Å². The van der Waals surface area contributed by atoms with Gasteiger partial charge in [-0.1, -0.05) is 18.2 Å². The van der Waals surface area contributed by atoms with Gasteiger partial charge in [-0.15, -0.1) is 0 Å². The molecule has 0 unspecified atom stereocenters. The molecule has 2 aliphatic rings. The van der Waals surface area contributed by atoms with Crippen molar-refractivity contribution in [1.82, 2.24) is 14.9 Å². The molecule has 39 heavy (non-hydrogen) atoms. The van der Waals surface area contributed by atoms with Crippen LogP contribution in [0.4, 0.5) is 27.4 Å². The maximum Gasteiger partial charge on any atom is 0.247 e. The van der Waals surface area contributed by atoms with Crippen molar-refractivity contribution in [3.63, 3.8) is 0 Å². The van der Waals surface area contributed by atoms with Crippen LogP contribution in [0, 0.1) is 5.41 Å². The van der Waals surface area contributed by atoms with Crippen molar-refractivity contribution in [2.45, 2.75) is 44.6 Å². The molecule has 0 spiro atoms. The van der Waals surface area contributed by atoms with Gasteiger partial charge in [0.1, 0.15) is 10.8 Å². The van der Waals surface area contributed by atoms with Crippen LogP contribution in [0.25, 0.3) is 0 Å². The van der Waals surface area contributed by atoms with Gasteiger partial charge in [-0.25, -0.2) is 4.98 Å². The first-order chi connectivity index (χ1) is 18.8. The Labute approximate surface area is 234 Å². The maximum atomic E-state index is 12.7. The van der Waals surface area contributed by atoms with Crippen LogP contribution < -0.4 is 25.0 Å². The van der Waals surface area contributed by atoms with Gasteiger partial charge in [-0.3, -0.25) is 9.18 Å². The third-order valence-corrected chi connectivity index (χ3v) is 7.83. The van der Waals surface area contributed by atoms with E-state index in [9.17, 15) is 9.18 Å². The molecule has 0 atom stereocenters. The number of nitrogens with one attached hydrogen (secondary N) is 2. The lowest BCUT2D eigenvalue weighted by Crippen LogP contribution is -2.42. The lowest BCUT2D eigenvalue weighted by atomic mass is 10.0. The zero-order valence-electron chi connectivity index (χ0n) is 22.9. The number of aromatic nitrogens is 2. The first kappa shape index (κ1) is 28.9. The average molecular weight is 561 g/mol. The number of alkyl halides is 1.